The molecule has 0 heterocycles. The molecule has 0 aliphatic carbocycles. The molecule has 0 saturated heterocycles. The first kappa shape index (κ1) is 16.5. The Labute approximate surface area is 122 Å². The molecule has 0 aromatic heterocycles. The van der Waals surface area contributed by atoms with Crippen LogP contribution in [-0.2, 0) is 11.2 Å². The van der Waals surface area contributed by atoms with Gasteiger partial charge < -0.3 is 9.84 Å². The highest BCUT2D eigenvalue weighted by atomic mass is 16.5. The van der Waals surface area contributed by atoms with Crippen LogP contribution in [0.5, 0.6) is 5.75 Å². The second-order valence-corrected chi connectivity index (χ2v) is 5.57. The number of ether oxygens (including phenoxy) is 1. The number of carboxylic acid groups (broad SMARTS) is 1. The van der Waals surface area contributed by atoms with Gasteiger partial charge >= 0.3 is 5.97 Å². The Bertz CT molecular complexity index is 450. The Hall–Kier alpha value is -1.51. The average Bonchev–Trinajstić information content (AvgIpc) is 2.37. The number of carboxylic acids is 1. The molecule has 1 aromatic carbocycles. The second-order valence-electron chi connectivity index (χ2n) is 5.57. The van der Waals surface area contributed by atoms with Crippen LogP contribution < -0.4 is 4.74 Å². The van der Waals surface area contributed by atoms with Crippen LogP contribution in [0.1, 0.15) is 62.6 Å². The van der Waals surface area contributed by atoms with Crippen LogP contribution in [0, 0.1) is 6.92 Å². The summed E-state index contributed by atoms with van der Waals surface area (Å²) in [4.78, 5) is 10.7. The van der Waals surface area contributed by atoms with E-state index in [1.165, 1.54) is 5.56 Å². The standard InChI is InChI=1S/C17H26O3/c1-5-6-9-20-16-10-13(4)14(7-8-17(18)19)11-15(16)12(2)3/h10-12H,5-9H2,1-4H3,(H,18,19). The molecule has 0 aliphatic rings. The van der Waals surface area contributed by atoms with E-state index in [-0.39, 0.29) is 6.42 Å². The Morgan fingerprint density at radius 2 is 2.05 bits per heavy atom. The van der Waals surface area contributed by atoms with E-state index < -0.39 is 5.97 Å². The normalized spacial score (nSPS) is 10.8. The average molecular weight is 278 g/mol. The first-order chi connectivity index (χ1) is 9.45. The lowest BCUT2D eigenvalue weighted by Crippen LogP contribution is -2.05. The smallest absolute Gasteiger partial charge is 0.303 e. The predicted octanol–water partition coefficient (Wildman–Crippen LogP) is 4.31. The minimum absolute atomic E-state index is 0.175. The molecule has 0 spiro atoms. The van der Waals surface area contributed by atoms with Gasteiger partial charge in [0.25, 0.3) is 0 Å². The maximum absolute atomic E-state index is 10.7. The van der Waals surface area contributed by atoms with Crippen LogP contribution in [0.25, 0.3) is 0 Å². The molecule has 0 saturated carbocycles. The zero-order chi connectivity index (χ0) is 15.1. The van der Waals surface area contributed by atoms with E-state index in [0.717, 1.165) is 36.3 Å². The van der Waals surface area contributed by atoms with E-state index in [4.69, 9.17) is 9.84 Å². The molecule has 0 bridgehead atoms. The van der Waals surface area contributed by atoms with E-state index in [2.05, 4.69) is 32.9 Å². The third-order valence-corrected chi connectivity index (χ3v) is 3.45. The molecule has 1 N–H and O–H groups in total. The van der Waals surface area contributed by atoms with Crippen molar-refractivity contribution in [2.75, 3.05) is 6.61 Å². The molecule has 112 valence electrons. The van der Waals surface area contributed by atoms with E-state index in [9.17, 15) is 4.79 Å². The molecular formula is C17H26O3. The van der Waals surface area contributed by atoms with Gasteiger partial charge in [0.15, 0.2) is 0 Å². The lowest BCUT2D eigenvalue weighted by Gasteiger charge is -2.17. The van der Waals surface area contributed by atoms with Crippen LogP contribution >= 0.6 is 0 Å². The van der Waals surface area contributed by atoms with Gasteiger partial charge in [0.2, 0.25) is 0 Å². The molecule has 0 atom stereocenters. The molecule has 20 heavy (non-hydrogen) atoms. The number of aliphatic carboxylic acids is 1. The van der Waals surface area contributed by atoms with Gasteiger partial charge in [0.05, 0.1) is 6.61 Å². The molecule has 0 radical (unpaired) electrons. The van der Waals surface area contributed by atoms with E-state index >= 15 is 0 Å². The molecule has 0 amide bonds. The molecule has 1 rings (SSSR count). The molecule has 3 heteroatoms. The van der Waals surface area contributed by atoms with Gasteiger partial charge in [0, 0.05) is 6.42 Å². The van der Waals surface area contributed by atoms with Crippen LogP contribution in [-0.4, -0.2) is 17.7 Å². The maximum Gasteiger partial charge on any atom is 0.303 e. The van der Waals surface area contributed by atoms with E-state index in [1.807, 2.05) is 6.92 Å². The number of carbonyl (C=O) groups is 1. The fourth-order valence-corrected chi connectivity index (χ4v) is 2.16. The van der Waals surface area contributed by atoms with Crippen molar-refractivity contribution < 1.29 is 14.6 Å². The van der Waals surface area contributed by atoms with Crippen molar-refractivity contribution in [2.45, 2.75) is 59.3 Å². The number of aryl methyl sites for hydroxylation is 2. The Balaban J connectivity index is 2.95. The number of hydrogen-bond donors (Lipinski definition) is 1. The first-order valence-electron chi connectivity index (χ1n) is 7.43. The second kappa shape index (κ2) is 7.93. The summed E-state index contributed by atoms with van der Waals surface area (Å²) in [6, 6.07) is 4.17. The predicted molar refractivity (Wildman–Crippen MR) is 81.6 cm³/mol. The third-order valence-electron chi connectivity index (χ3n) is 3.45. The molecule has 1 aromatic rings. The quantitative estimate of drug-likeness (QED) is 0.720. The number of unbranched alkanes of at least 4 members (excludes halogenated alkanes) is 1. The van der Waals surface area contributed by atoms with Gasteiger partial charge in [-0.05, 0) is 48.4 Å². The van der Waals surface area contributed by atoms with Crippen molar-refractivity contribution >= 4 is 5.97 Å². The highest BCUT2D eigenvalue weighted by Crippen LogP contribution is 2.30. The fraction of sp³-hybridized carbons (Fsp3) is 0.588. The van der Waals surface area contributed by atoms with Crippen molar-refractivity contribution in [1.82, 2.24) is 0 Å². The van der Waals surface area contributed by atoms with Gasteiger partial charge in [-0.1, -0.05) is 33.3 Å². The Morgan fingerprint density at radius 1 is 1.35 bits per heavy atom. The van der Waals surface area contributed by atoms with E-state index in [0.29, 0.717) is 12.3 Å². The summed E-state index contributed by atoms with van der Waals surface area (Å²) in [6.07, 6.45) is 2.93. The van der Waals surface area contributed by atoms with E-state index in [1.54, 1.807) is 0 Å². The van der Waals surface area contributed by atoms with Crippen LogP contribution in [0.15, 0.2) is 12.1 Å². The summed E-state index contributed by atoms with van der Waals surface area (Å²) in [5.41, 5.74) is 3.40. The van der Waals surface area contributed by atoms with Crippen LogP contribution in [0.3, 0.4) is 0 Å². The number of rotatable bonds is 8. The minimum atomic E-state index is -0.751. The topological polar surface area (TPSA) is 46.5 Å². The summed E-state index contributed by atoms with van der Waals surface area (Å²) in [5.74, 6) is 0.569. The monoisotopic (exact) mass is 278 g/mol. The van der Waals surface area contributed by atoms with Crippen LogP contribution in [0.2, 0.25) is 0 Å². The molecule has 0 aliphatic heterocycles. The van der Waals surface area contributed by atoms with Crippen molar-refractivity contribution in [3.05, 3.63) is 28.8 Å². The summed E-state index contributed by atoms with van der Waals surface area (Å²) in [6.45, 7) is 9.18. The lowest BCUT2D eigenvalue weighted by atomic mass is 9.94. The first-order valence-corrected chi connectivity index (χ1v) is 7.43. The summed E-state index contributed by atoms with van der Waals surface area (Å²) < 4.78 is 5.88. The van der Waals surface area contributed by atoms with Crippen molar-refractivity contribution in [3.63, 3.8) is 0 Å². The lowest BCUT2D eigenvalue weighted by molar-refractivity contribution is -0.136. The van der Waals surface area contributed by atoms with Crippen molar-refractivity contribution in [1.29, 1.82) is 0 Å². The number of benzene rings is 1. The van der Waals surface area contributed by atoms with Gasteiger partial charge in [0.1, 0.15) is 5.75 Å². The largest absolute Gasteiger partial charge is 0.493 e. The highest BCUT2D eigenvalue weighted by molar-refractivity contribution is 5.67. The Morgan fingerprint density at radius 3 is 2.60 bits per heavy atom. The van der Waals surface area contributed by atoms with Crippen molar-refractivity contribution in [2.24, 2.45) is 0 Å². The Kier molecular flexibility index (Phi) is 6.56. The highest BCUT2D eigenvalue weighted by Gasteiger charge is 2.12. The molecular weight excluding hydrogens is 252 g/mol. The zero-order valence-corrected chi connectivity index (χ0v) is 13.0. The maximum atomic E-state index is 10.7. The SMILES string of the molecule is CCCCOc1cc(C)c(CCC(=O)O)cc1C(C)C. The minimum Gasteiger partial charge on any atom is -0.493 e. The van der Waals surface area contributed by atoms with Gasteiger partial charge in [-0.15, -0.1) is 0 Å². The van der Waals surface area contributed by atoms with Gasteiger partial charge in [-0.2, -0.15) is 0 Å². The molecule has 0 unspecified atom stereocenters. The zero-order valence-electron chi connectivity index (χ0n) is 13.0. The summed E-state index contributed by atoms with van der Waals surface area (Å²) >= 11 is 0. The third kappa shape index (κ3) is 4.87. The molecule has 3 nitrogen and oxygen atoms in total. The van der Waals surface area contributed by atoms with Gasteiger partial charge in [-0.3, -0.25) is 4.79 Å². The summed E-state index contributed by atoms with van der Waals surface area (Å²) in [7, 11) is 0. The van der Waals surface area contributed by atoms with Crippen molar-refractivity contribution in [3.8, 4) is 5.75 Å². The van der Waals surface area contributed by atoms with Crippen LogP contribution in [0.4, 0.5) is 0 Å². The number of hydrogen-bond acceptors (Lipinski definition) is 2. The summed E-state index contributed by atoms with van der Waals surface area (Å²) in [5, 5.41) is 8.82. The van der Waals surface area contributed by atoms with Gasteiger partial charge in [-0.25, -0.2) is 0 Å². The fourth-order valence-electron chi connectivity index (χ4n) is 2.16. The molecule has 0 fully saturated rings.